The molecule has 9 heteroatoms. The van der Waals surface area contributed by atoms with E-state index in [1.54, 1.807) is 18.7 Å². The van der Waals surface area contributed by atoms with E-state index in [9.17, 15) is 19.2 Å². The van der Waals surface area contributed by atoms with E-state index in [1.807, 2.05) is 31.2 Å². The smallest absolute Gasteiger partial charge is 0.338 e. The minimum atomic E-state index is -0.625. The maximum absolute atomic E-state index is 12.6. The molecule has 2 aliphatic rings. The van der Waals surface area contributed by atoms with Crippen LogP contribution < -0.4 is 15.5 Å². The van der Waals surface area contributed by atoms with E-state index >= 15 is 0 Å². The van der Waals surface area contributed by atoms with Crippen LogP contribution in [0, 0.1) is 12.8 Å². The summed E-state index contributed by atoms with van der Waals surface area (Å²) in [4.78, 5) is 50.5. The summed E-state index contributed by atoms with van der Waals surface area (Å²) in [5.74, 6) is -1.93. The molecular formula is C21H25N3O6. The van der Waals surface area contributed by atoms with Crippen molar-refractivity contribution in [3.63, 3.8) is 0 Å². The van der Waals surface area contributed by atoms with Gasteiger partial charge in [0.1, 0.15) is 6.61 Å². The molecule has 0 spiro atoms. The summed E-state index contributed by atoms with van der Waals surface area (Å²) in [5.41, 5.74) is 2.18. The summed E-state index contributed by atoms with van der Waals surface area (Å²) >= 11 is 0. The second-order valence-electron chi connectivity index (χ2n) is 7.28. The maximum atomic E-state index is 12.6. The summed E-state index contributed by atoms with van der Waals surface area (Å²) in [5, 5.41) is 5.08. The number of amides is 3. The number of esters is 2. The van der Waals surface area contributed by atoms with Crippen molar-refractivity contribution in [3.05, 3.63) is 41.1 Å². The van der Waals surface area contributed by atoms with Crippen molar-refractivity contribution in [2.24, 2.45) is 5.92 Å². The molecule has 1 aromatic rings. The molecule has 9 nitrogen and oxygen atoms in total. The van der Waals surface area contributed by atoms with E-state index in [2.05, 4.69) is 10.6 Å². The number of carbonyl (C=O) groups excluding carboxylic acids is 4. The zero-order valence-corrected chi connectivity index (χ0v) is 17.2. The average molecular weight is 415 g/mol. The molecule has 0 radical (unpaired) electrons. The molecule has 2 heterocycles. The second kappa shape index (κ2) is 8.98. The van der Waals surface area contributed by atoms with Crippen LogP contribution >= 0.6 is 0 Å². The van der Waals surface area contributed by atoms with Gasteiger partial charge >= 0.3 is 18.0 Å². The Kier molecular flexibility index (Phi) is 6.39. The molecule has 0 bridgehead atoms. The summed E-state index contributed by atoms with van der Waals surface area (Å²) in [7, 11) is 0. The van der Waals surface area contributed by atoms with Crippen LogP contribution in [0.2, 0.25) is 0 Å². The monoisotopic (exact) mass is 415 g/mol. The Labute approximate surface area is 174 Å². The minimum Gasteiger partial charge on any atom is -0.463 e. The van der Waals surface area contributed by atoms with Crippen molar-refractivity contribution >= 4 is 29.6 Å². The molecule has 30 heavy (non-hydrogen) atoms. The summed E-state index contributed by atoms with van der Waals surface area (Å²) in [6.07, 6.45) is 0.0425. The van der Waals surface area contributed by atoms with Gasteiger partial charge in [-0.05, 0) is 32.9 Å². The standard InChI is InChI=1S/C21H25N3O6/c1-4-29-20(27)18-13(3)22-21(28)23-16(18)11-30-19(26)14-9-17(25)24(10-14)15-7-5-12(2)6-8-15/h5-8,13-14H,4,9-11H2,1-3H3,(H2,22,23,28)/t13-,14+/m1/s1. The molecule has 2 atom stereocenters. The van der Waals surface area contributed by atoms with Gasteiger partial charge in [-0.1, -0.05) is 17.7 Å². The Morgan fingerprint density at radius 1 is 1.17 bits per heavy atom. The van der Waals surface area contributed by atoms with Crippen molar-refractivity contribution in [2.45, 2.75) is 33.2 Å². The lowest BCUT2D eigenvalue weighted by atomic mass is 10.0. The van der Waals surface area contributed by atoms with Crippen LogP contribution in [0.1, 0.15) is 25.8 Å². The van der Waals surface area contributed by atoms with Crippen molar-refractivity contribution < 1.29 is 28.7 Å². The Balaban J connectivity index is 1.67. The number of benzene rings is 1. The Hall–Kier alpha value is -3.36. The molecule has 1 aromatic carbocycles. The highest BCUT2D eigenvalue weighted by molar-refractivity contribution is 5.99. The van der Waals surface area contributed by atoms with Gasteiger partial charge in [-0.25, -0.2) is 9.59 Å². The highest BCUT2D eigenvalue weighted by Gasteiger charge is 2.37. The Bertz CT molecular complexity index is 893. The quantitative estimate of drug-likeness (QED) is 0.679. The average Bonchev–Trinajstić information content (AvgIpc) is 3.08. The van der Waals surface area contributed by atoms with Crippen LogP contribution in [0.4, 0.5) is 10.5 Å². The number of nitrogens with one attached hydrogen (secondary N) is 2. The molecule has 2 aliphatic heterocycles. The molecule has 0 saturated carbocycles. The number of anilines is 1. The van der Waals surface area contributed by atoms with Crippen molar-refractivity contribution in [3.8, 4) is 0 Å². The SMILES string of the molecule is CCOC(=O)C1=C(COC(=O)[C@H]2CC(=O)N(c3ccc(C)cc3)C2)NC(=O)N[C@@H]1C. The highest BCUT2D eigenvalue weighted by Crippen LogP contribution is 2.26. The predicted molar refractivity (Wildman–Crippen MR) is 107 cm³/mol. The number of urea groups is 1. The van der Waals surface area contributed by atoms with Crippen LogP contribution in [-0.4, -0.2) is 49.7 Å². The zero-order chi connectivity index (χ0) is 21.8. The number of carbonyl (C=O) groups is 4. The van der Waals surface area contributed by atoms with Crippen molar-refractivity contribution in [1.82, 2.24) is 10.6 Å². The van der Waals surface area contributed by atoms with Gasteiger partial charge in [0.25, 0.3) is 0 Å². The summed E-state index contributed by atoms with van der Waals surface area (Å²) < 4.78 is 10.4. The lowest BCUT2D eigenvalue weighted by molar-refractivity contribution is -0.147. The largest absolute Gasteiger partial charge is 0.463 e. The second-order valence-corrected chi connectivity index (χ2v) is 7.28. The molecule has 3 amide bonds. The van der Waals surface area contributed by atoms with Gasteiger partial charge in [0.15, 0.2) is 0 Å². The molecule has 0 unspecified atom stereocenters. The van der Waals surface area contributed by atoms with E-state index in [-0.39, 0.29) is 43.4 Å². The fourth-order valence-electron chi connectivity index (χ4n) is 3.49. The van der Waals surface area contributed by atoms with Gasteiger partial charge < -0.3 is 25.0 Å². The zero-order valence-electron chi connectivity index (χ0n) is 17.2. The van der Waals surface area contributed by atoms with Crippen LogP contribution in [0.25, 0.3) is 0 Å². The van der Waals surface area contributed by atoms with E-state index in [0.717, 1.165) is 11.3 Å². The Morgan fingerprint density at radius 2 is 1.87 bits per heavy atom. The van der Waals surface area contributed by atoms with Crippen LogP contribution in [-0.2, 0) is 23.9 Å². The van der Waals surface area contributed by atoms with Gasteiger partial charge in [-0.15, -0.1) is 0 Å². The third-order valence-electron chi connectivity index (χ3n) is 5.03. The van der Waals surface area contributed by atoms with Crippen LogP contribution in [0.3, 0.4) is 0 Å². The first kappa shape index (κ1) is 21.4. The maximum Gasteiger partial charge on any atom is 0.338 e. The normalized spacial score (nSPS) is 21.2. The van der Waals surface area contributed by atoms with Crippen molar-refractivity contribution in [1.29, 1.82) is 0 Å². The molecule has 0 aromatic heterocycles. The molecule has 0 aliphatic carbocycles. The number of aryl methyl sites for hydroxylation is 1. The van der Waals surface area contributed by atoms with Gasteiger partial charge in [0, 0.05) is 18.7 Å². The topological polar surface area (TPSA) is 114 Å². The third kappa shape index (κ3) is 4.61. The summed E-state index contributed by atoms with van der Waals surface area (Å²) in [6, 6.07) is 6.39. The molecule has 2 N–H and O–H groups in total. The molecular weight excluding hydrogens is 390 g/mol. The van der Waals surface area contributed by atoms with E-state index in [4.69, 9.17) is 9.47 Å². The first-order valence-electron chi connectivity index (χ1n) is 9.81. The first-order valence-corrected chi connectivity index (χ1v) is 9.81. The number of nitrogens with zero attached hydrogens (tertiary/aromatic N) is 1. The third-order valence-corrected chi connectivity index (χ3v) is 5.03. The first-order chi connectivity index (χ1) is 14.3. The lowest BCUT2D eigenvalue weighted by Crippen LogP contribution is -2.50. The number of ether oxygens (including phenoxy) is 2. The summed E-state index contributed by atoms with van der Waals surface area (Å²) in [6.45, 7) is 5.37. The van der Waals surface area contributed by atoms with Gasteiger partial charge in [0.05, 0.1) is 29.8 Å². The molecule has 1 fully saturated rings. The van der Waals surface area contributed by atoms with E-state index in [0.29, 0.717) is 0 Å². The molecule has 160 valence electrons. The minimum absolute atomic E-state index is 0.0425. The van der Waals surface area contributed by atoms with E-state index < -0.39 is 29.9 Å². The van der Waals surface area contributed by atoms with Crippen LogP contribution in [0.15, 0.2) is 35.5 Å². The van der Waals surface area contributed by atoms with Crippen molar-refractivity contribution in [2.75, 3.05) is 24.7 Å². The number of rotatable bonds is 6. The predicted octanol–water partition coefficient (Wildman–Crippen LogP) is 1.41. The van der Waals surface area contributed by atoms with Gasteiger partial charge in [-0.2, -0.15) is 0 Å². The Morgan fingerprint density at radius 3 is 2.53 bits per heavy atom. The van der Waals surface area contributed by atoms with Crippen LogP contribution in [0.5, 0.6) is 0 Å². The van der Waals surface area contributed by atoms with E-state index in [1.165, 1.54) is 0 Å². The molecule has 1 saturated heterocycles. The highest BCUT2D eigenvalue weighted by atomic mass is 16.5. The number of hydrogen-bond donors (Lipinski definition) is 2. The molecule has 3 rings (SSSR count). The van der Waals surface area contributed by atoms with Gasteiger partial charge in [-0.3, -0.25) is 9.59 Å². The van der Waals surface area contributed by atoms with Gasteiger partial charge in [0.2, 0.25) is 5.91 Å². The lowest BCUT2D eigenvalue weighted by Gasteiger charge is -2.26. The number of hydrogen-bond acceptors (Lipinski definition) is 6. The fourth-order valence-corrected chi connectivity index (χ4v) is 3.49. The fraction of sp³-hybridized carbons (Fsp3) is 0.429.